The van der Waals surface area contributed by atoms with Crippen LogP contribution in [0.25, 0.3) is 0 Å². The fraction of sp³-hybridized carbons (Fsp3) is 0.538. The second kappa shape index (κ2) is 7.27. The van der Waals surface area contributed by atoms with Crippen LogP contribution in [0.4, 0.5) is 0 Å². The molecule has 0 unspecified atom stereocenters. The molecule has 1 aromatic carbocycles. The summed E-state index contributed by atoms with van der Waals surface area (Å²) < 4.78 is 52.1. The number of nitrogens with one attached hydrogen (secondary N) is 1. The van der Waals surface area contributed by atoms with Crippen molar-refractivity contribution in [1.29, 1.82) is 0 Å². The van der Waals surface area contributed by atoms with Gasteiger partial charge in [0.15, 0.2) is 0 Å². The molecule has 0 atom stereocenters. The Kier molecular flexibility index (Phi) is 5.84. The topological polar surface area (TPSA) is 83.5 Å². The van der Waals surface area contributed by atoms with E-state index in [4.69, 9.17) is 11.6 Å². The largest absolute Gasteiger partial charge is 0.240 e. The maximum absolute atomic E-state index is 12.1. The van der Waals surface area contributed by atoms with E-state index in [-0.39, 0.29) is 17.2 Å². The highest BCUT2D eigenvalue weighted by Crippen LogP contribution is 2.16. The molecule has 0 bridgehead atoms. The van der Waals surface area contributed by atoms with Crippen LogP contribution in [0.1, 0.15) is 19.3 Å². The number of rotatable bonds is 6. The van der Waals surface area contributed by atoms with Crippen molar-refractivity contribution in [2.45, 2.75) is 24.2 Å². The number of nitrogens with zero attached hydrogens (tertiary/aromatic N) is 1. The minimum atomic E-state index is -3.75. The van der Waals surface area contributed by atoms with Gasteiger partial charge in [-0.2, -0.15) is 0 Å². The van der Waals surface area contributed by atoms with Crippen LogP contribution in [0.5, 0.6) is 0 Å². The molecule has 1 aliphatic rings. The average Bonchev–Trinajstić information content (AvgIpc) is 2.48. The molecule has 2 rings (SSSR count). The molecule has 1 saturated heterocycles. The first-order valence-corrected chi connectivity index (χ1v) is 10.5. The van der Waals surface area contributed by atoms with Crippen LogP contribution in [0.2, 0.25) is 5.02 Å². The Morgan fingerprint density at radius 2 is 1.77 bits per heavy atom. The van der Waals surface area contributed by atoms with E-state index in [0.29, 0.717) is 18.1 Å². The lowest BCUT2D eigenvalue weighted by atomic mass is 10.2. The second-order valence-electron chi connectivity index (χ2n) is 5.13. The van der Waals surface area contributed by atoms with Crippen molar-refractivity contribution in [3.63, 3.8) is 0 Å². The zero-order valence-corrected chi connectivity index (χ0v) is 14.4. The first-order chi connectivity index (χ1) is 10.3. The van der Waals surface area contributed by atoms with Crippen LogP contribution >= 0.6 is 11.6 Å². The third-order valence-corrected chi connectivity index (χ3v) is 7.03. The molecule has 0 saturated carbocycles. The van der Waals surface area contributed by atoms with Crippen LogP contribution < -0.4 is 4.72 Å². The van der Waals surface area contributed by atoms with Gasteiger partial charge in [0.25, 0.3) is 0 Å². The molecule has 1 N–H and O–H groups in total. The normalized spacial score (nSPS) is 17.5. The summed E-state index contributed by atoms with van der Waals surface area (Å²) in [6.07, 6.45) is 2.74. The van der Waals surface area contributed by atoms with E-state index < -0.39 is 20.0 Å². The predicted molar refractivity (Wildman–Crippen MR) is 85.9 cm³/mol. The Morgan fingerprint density at radius 3 is 2.41 bits per heavy atom. The summed E-state index contributed by atoms with van der Waals surface area (Å²) in [5, 5.41) is 0.309. The van der Waals surface area contributed by atoms with E-state index in [0.717, 1.165) is 19.3 Å². The molecule has 22 heavy (non-hydrogen) atoms. The first-order valence-electron chi connectivity index (χ1n) is 7.04. The lowest BCUT2D eigenvalue weighted by Gasteiger charge is -2.25. The van der Waals surface area contributed by atoms with Gasteiger partial charge in [-0.05, 0) is 31.0 Å². The predicted octanol–water partition coefficient (Wildman–Crippen LogP) is 1.43. The Morgan fingerprint density at radius 1 is 1.09 bits per heavy atom. The molecule has 6 nitrogen and oxygen atoms in total. The summed E-state index contributed by atoms with van der Waals surface area (Å²) >= 11 is 5.76. The Labute approximate surface area is 136 Å². The minimum Gasteiger partial charge on any atom is -0.212 e. The van der Waals surface area contributed by atoms with Crippen LogP contribution in [0.3, 0.4) is 0 Å². The van der Waals surface area contributed by atoms with Crippen LogP contribution in [0.15, 0.2) is 29.2 Å². The molecule has 0 spiro atoms. The molecular weight excluding hydrogens is 348 g/mol. The third kappa shape index (κ3) is 4.66. The molecule has 1 aromatic rings. The summed E-state index contributed by atoms with van der Waals surface area (Å²) in [5.41, 5.74) is 0. The number of hydrogen-bond acceptors (Lipinski definition) is 4. The van der Waals surface area contributed by atoms with E-state index >= 15 is 0 Å². The van der Waals surface area contributed by atoms with E-state index in [1.165, 1.54) is 22.5 Å². The third-order valence-electron chi connectivity index (χ3n) is 3.47. The van der Waals surface area contributed by atoms with Crippen molar-refractivity contribution < 1.29 is 16.8 Å². The number of piperidine rings is 1. The minimum absolute atomic E-state index is 0.0235. The molecule has 0 radical (unpaired) electrons. The van der Waals surface area contributed by atoms with Crippen molar-refractivity contribution in [1.82, 2.24) is 9.03 Å². The Hall–Kier alpha value is -0.670. The first kappa shape index (κ1) is 17.7. The molecule has 0 aromatic heterocycles. The summed E-state index contributed by atoms with van der Waals surface area (Å²) in [4.78, 5) is 0.0235. The van der Waals surface area contributed by atoms with E-state index in [1.807, 2.05) is 0 Å². The van der Waals surface area contributed by atoms with E-state index in [2.05, 4.69) is 4.72 Å². The molecular formula is C13H19ClN2O4S2. The van der Waals surface area contributed by atoms with Gasteiger partial charge in [0.2, 0.25) is 20.0 Å². The summed E-state index contributed by atoms with van der Waals surface area (Å²) in [7, 11) is -7.17. The quantitative estimate of drug-likeness (QED) is 0.825. The zero-order valence-electron chi connectivity index (χ0n) is 12.0. The SMILES string of the molecule is O=S(=O)(NCCS(=O)(=O)N1CCCCC1)c1cccc(Cl)c1. The maximum Gasteiger partial charge on any atom is 0.240 e. The highest BCUT2D eigenvalue weighted by atomic mass is 35.5. The fourth-order valence-corrected chi connectivity index (χ4v) is 5.19. The molecule has 1 heterocycles. The molecule has 1 fully saturated rings. The van der Waals surface area contributed by atoms with Crippen LogP contribution in [0, 0.1) is 0 Å². The molecule has 1 aliphatic heterocycles. The van der Waals surface area contributed by atoms with Gasteiger partial charge in [0.05, 0.1) is 10.6 Å². The Bertz CT molecular complexity index is 713. The highest BCUT2D eigenvalue weighted by Gasteiger charge is 2.24. The average molecular weight is 367 g/mol. The van der Waals surface area contributed by atoms with Gasteiger partial charge in [-0.3, -0.25) is 0 Å². The fourth-order valence-electron chi connectivity index (χ4n) is 2.29. The number of halogens is 1. The second-order valence-corrected chi connectivity index (χ2v) is 9.42. The highest BCUT2D eigenvalue weighted by molar-refractivity contribution is 7.90. The molecule has 0 amide bonds. The smallest absolute Gasteiger partial charge is 0.212 e. The van der Waals surface area contributed by atoms with Gasteiger partial charge < -0.3 is 0 Å². The van der Waals surface area contributed by atoms with Gasteiger partial charge in [0.1, 0.15) is 0 Å². The monoisotopic (exact) mass is 366 g/mol. The van der Waals surface area contributed by atoms with Gasteiger partial charge >= 0.3 is 0 Å². The van der Waals surface area contributed by atoms with Crippen molar-refractivity contribution in [3.05, 3.63) is 29.3 Å². The van der Waals surface area contributed by atoms with Crippen LogP contribution in [-0.4, -0.2) is 46.5 Å². The van der Waals surface area contributed by atoms with Crippen molar-refractivity contribution >= 4 is 31.6 Å². The van der Waals surface area contributed by atoms with E-state index in [9.17, 15) is 16.8 Å². The molecule has 124 valence electrons. The number of hydrogen-bond donors (Lipinski definition) is 1. The number of sulfonamides is 2. The zero-order chi connectivity index (χ0) is 16.2. The van der Waals surface area contributed by atoms with Crippen molar-refractivity contribution in [3.8, 4) is 0 Å². The van der Waals surface area contributed by atoms with Gasteiger partial charge in [0, 0.05) is 24.7 Å². The Balaban J connectivity index is 1.95. The van der Waals surface area contributed by atoms with Gasteiger partial charge in [-0.1, -0.05) is 24.1 Å². The van der Waals surface area contributed by atoms with Gasteiger partial charge in [-0.15, -0.1) is 0 Å². The summed E-state index contributed by atoms with van der Waals surface area (Å²) in [6, 6.07) is 5.83. The van der Waals surface area contributed by atoms with E-state index in [1.54, 1.807) is 6.07 Å². The maximum atomic E-state index is 12.1. The number of benzene rings is 1. The lowest BCUT2D eigenvalue weighted by molar-refractivity contribution is 0.346. The summed E-state index contributed by atoms with van der Waals surface area (Å²) in [6.45, 7) is 0.875. The molecule has 9 heteroatoms. The van der Waals surface area contributed by atoms with Crippen molar-refractivity contribution in [2.24, 2.45) is 0 Å². The lowest BCUT2D eigenvalue weighted by Crippen LogP contribution is -2.40. The van der Waals surface area contributed by atoms with Crippen LogP contribution in [-0.2, 0) is 20.0 Å². The molecule has 0 aliphatic carbocycles. The standard InChI is InChI=1S/C13H19ClN2O4S2/c14-12-5-4-6-13(11-12)22(19,20)15-7-10-21(17,18)16-8-2-1-3-9-16/h4-6,11,15H,1-3,7-10H2. The summed E-state index contributed by atoms with van der Waals surface area (Å²) in [5.74, 6) is -0.243. The van der Waals surface area contributed by atoms with Crippen molar-refractivity contribution in [2.75, 3.05) is 25.4 Å². The van der Waals surface area contributed by atoms with Gasteiger partial charge in [-0.25, -0.2) is 25.9 Å².